The van der Waals surface area contributed by atoms with E-state index in [1.807, 2.05) is 7.05 Å². The second kappa shape index (κ2) is 10.5. The number of nitrogens with one attached hydrogen (secondary N) is 1. The molecule has 6 nitrogen and oxygen atoms in total. The predicted molar refractivity (Wildman–Crippen MR) is 82.3 cm³/mol. The van der Waals surface area contributed by atoms with Gasteiger partial charge in [0, 0.05) is 18.1 Å². The summed E-state index contributed by atoms with van der Waals surface area (Å²) in [5, 5.41) is 3.27. The fourth-order valence-electron chi connectivity index (χ4n) is 2.46. The molecule has 0 aliphatic carbocycles. The van der Waals surface area contributed by atoms with Gasteiger partial charge in [0.05, 0.1) is 6.17 Å². The third kappa shape index (κ3) is 7.81. The molecule has 6 heteroatoms. The van der Waals surface area contributed by atoms with Gasteiger partial charge in [0.1, 0.15) is 0 Å². The molecule has 0 heterocycles. The summed E-state index contributed by atoms with van der Waals surface area (Å²) < 4.78 is 0. The van der Waals surface area contributed by atoms with Crippen molar-refractivity contribution in [1.29, 1.82) is 0 Å². The van der Waals surface area contributed by atoms with Gasteiger partial charge in [0.2, 0.25) is 0 Å². The lowest BCUT2D eigenvalue weighted by molar-refractivity contribution is 0.336. The fraction of sp³-hybridized carbons (Fsp3) is 1.00. The van der Waals surface area contributed by atoms with Gasteiger partial charge in [-0.25, -0.2) is 0 Å². The van der Waals surface area contributed by atoms with Gasteiger partial charge in [0.15, 0.2) is 0 Å². The molecule has 0 aliphatic heterocycles. The van der Waals surface area contributed by atoms with E-state index in [-0.39, 0.29) is 24.2 Å². The van der Waals surface area contributed by atoms with Crippen LogP contribution in [0.5, 0.6) is 0 Å². The van der Waals surface area contributed by atoms with Gasteiger partial charge in [-0.3, -0.25) is 0 Å². The molecular weight excluding hydrogens is 240 g/mol. The van der Waals surface area contributed by atoms with Crippen molar-refractivity contribution in [2.45, 2.75) is 63.3 Å². The quantitative estimate of drug-likeness (QED) is 0.267. The average Bonchev–Trinajstić information content (AvgIpc) is 2.39. The lowest BCUT2D eigenvalue weighted by atomic mass is 9.90. The molecule has 0 aromatic heterocycles. The number of rotatable bonds is 11. The van der Waals surface area contributed by atoms with Gasteiger partial charge in [-0.15, -0.1) is 0 Å². The summed E-state index contributed by atoms with van der Waals surface area (Å²) in [5.74, 6) is 0.202. The predicted octanol–water partition coefficient (Wildman–Crippen LogP) is -0.982. The summed E-state index contributed by atoms with van der Waals surface area (Å²) >= 11 is 0. The van der Waals surface area contributed by atoms with E-state index < -0.39 is 0 Å². The highest BCUT2D eigenvalue weighted by molar-refractivity contribution is 4.80. The van der Waals surface area contributed by atoms with E-state index >= 15 is 0 Å². The summed E-state index contributed by atoms with van der Waals surface area (Å²) in [7, 11) is 1.95. The minimum absolute atomic E-state index is 0.0648. The molecule has 0 aromatic rings. The second-order valence-corrected chi connectivity index (χ2v) is 5.46. The van der Waals surface area contributed by atoms with E-state index in [1.54, 1.807) is 0 Å². The van der Waals surface area contributed by atoms with Crippen LogP contribution in [0.15, 0.2) is 0 Å². The molecule has 0 saturated carbocycles. The number of hydrogen-bond donors (Lipinski definition) is 6. The van der Waals surface area contributed by atoms with Crippen molar-refractivity contribution in [1.82, 2.24) is 5.32 Å². The molecule has 0 fully saturated rings. The molecule has 0 amide bonds. The largest absolute Gasteiger partial charge is 0.330 e. The zero-order valence-corrected chi connectivity index (χ0v) is 12.5. The van der Waals surface area contributed by atoms with Crippen LogP contribution in [-0.4, -0.2) is 37.9 Å². The molecule has 0 aromatic carbocycles. The summed E-state index contributed by atoms with van der Waals surface area (Å²) in [5.41, 5.74) is 29.2. The minimum Gasteiger partial charge on any atom is -0.330 e. The maximum absolute atomic E-state index is 6.17. The third-order valence-electron chi connectivity index (χ3n) is 3.89. The molecule has 19 heavy (non-hydrogen) atoms. The highest BCUT2D eigenvalue weighted by Gasteiger charge is 2.19. The zero-order valence-electron chi connectivity index (χ0n) is 12.5. The maximum atomic E-state index is 6.17. The van der Waals surface area contributed by atoms with Crippen LogP contribution in [0.25, 0.3) is 0 Å². The SMILES string of the molecule is CCC(N)C(CCCC(N)C(CN)CC(N)N)NC. The smallest absolute Gasteiger partial charge is 0.0524 e. The molecule has 0 bridgehead atoms. The standard InChI is InChI=1S/C13H34N6/c1-3-10(15)12(19-2)6-4-5-11(16)9(8-14)7-13(17)18/h9-13,19H,3-8,14-18H2,1-2H3. The lowest BCUT2D eigenvalue weighted by Crippen LogP contribution is -2.44. The van der Waals surface area contributed by atoms with Crippen molar-refractivity contribution in [2.24, 2.45) is 34.6 Å². The van der Waals surface area contributed by atoms with Crippen LogP contribution in [0.4, 0.5) is 0 Å². The lowest BCUT2D eigenvalue weighted by Gasteiger charge is -2.26. The van der Waals surface area contributed by atoms with Crippen molar-refractivity contribution < 1.29 is 0 Å². The highest BCUT2D eigenvalue weighted by Crippen LogP contribution is 2.14. The molecule has 0 aliphatic rings. The van der Waals surface area contributed by atoms with Crippen LogP contribution in [-0.2, 0) is 0 Å². The van der Waals surface area contributed by atoms with Crippen LogP contribution in [0, 0.1) is 5.92 Å². The van der Waals surface area contributed by atoms with Crippen molar-refractivity contribution >= 4 is 0 Å². The number of hydrogen-bond acceptors (Lipinski definition) is 6. The van der Waals surface area contributed by atoms with Crippen molar-refractivity contribution in [2.75, 3.05) is 13.6 Å². The second-order valence-electron chi connectivity index (χ2n) is 5.46. The molecule has 0 radical (unpaired) electrons. The first-order chi connectivity index (χ1) is 8.96. The Hall–Kier alpha value is -0.240. The molecule has 0 rings (SSSR count). The van der Waals surface area contributed by atoms with E-state index in [2.05, 4.69) is 12.2 Å². The molecule has 4 unspecified atom stereocenters. The molecule has 0 spiro atoms. The number of likely N-dealkylation sites (N-methyl/N-ethyl adjacent to an activating group) is 1. The Morgan fingerprint density at radius 2 is 1.63 bits per heavy atom. The van der Waals surface area contributed by atoms with Crippen molar-refractivity contribution in [3.05, 3.63) is 0 Å². The monoisotopic (exact) mass is 274 g/mol. The van der Waals surface area contributed by atoms with Crippen LogP contribution >= 0.6 is 0 Å². The molecule has 0 saturated heterocycles. The van der Waals surface area contributed by atoms with Crippen LogP contribution < -0.4 is 34.0 Å². The zero-order chi connectivity index (χ0) is 14.8. The van der Waals surface area contributed by atoms with Crippen LogP contribution in [0.2, 0.25) is 0 Å². The summed E-state index contributed by atoms with van der Waals surface area (Å²) in [6, 6.07) is 0.615. The Bertz CT molecular complexity index is 211. The normalized spacial score (nSPS) is 18.3. The first-order valence-electron chi connectivity index (χ1n) is 7.35. The van der Waals surface area contributed by atoms with Crippen molar-refractivity contribution in [3.8, 4) is 0 Å². The van der Waals surface area contributed by atoms with Gasteiger partial charge in [-0.1, -0.05) is 13.3 Å². The number of nitrogens with two attached hydrogens (primary N) is 5. The fourth-order valence-corrected chi connectivity index (χ4v) is 2.46. The van der Waals surface area contributed by atoms with Gasteiger partial charge in [0.25, 0.3) is 0 Å². The first-order valence-corrected chi connectivity index (χ1v) is 7.35. The Morgan fingerprint density at radius 1 is 1.00 bits per heavy atom. The average molecular weight is 274 g/mol. The molecular formula is C13H34N6. The van der Waals surface area contributed by atoms with E-state index in [0.717, 1.165) is 25.7 Å². The highest BCUT2D eigenvalue weighted by atomic mass is 14.9. The van der Waals surface area contributed by atoms with E-state index in [9.17, 15) is 0 Å². The molecule has 11 N–H and O–H groups in total. The minimum atomic E-state index is -0.335. The topological polar surface area (TPSA) is 142 Å². The van der Waals surface area contributed by atoms with Crippen LogP contribution in [0.1, 0.15) is 39.0 Å². The van der Waals surface area contributed by atoms with E-state index in [0.29, 0.717) is 19.0 Å². The Kier molecular flexibility index (Phi) is 10.4. The summed E-state index contributed by atoms with van der Waals surface area (Å²) in [6.45, 7) is 2.64. The van der Waals surface area contributed by atoms with Gasteiger partial charge in [-0.2, -0.15) is 0 Å². The van der Waals surface area contributed by atoms with Gasteiger partial charge in [-0.05, 0) is 45.2 Å². The third-order valence-corrected chi connectivity index (χ3v) is 3.89. The summed E-state index contributed by atoms with van der Waals surface area (Å²) in [6.07, 6.45) is 4.33. The molecule has 116 valence electrons. The Labute approximate surface area is 117 Å². The van der Waals surface area contributed by atoms with Crippen molar-refractivity contribution in [3.63, 3.8) is 0 Å². The Morgan fingerprint density at radius 3 is 2.05 bits per heavy atom. The van der Waals surface area contributed by atoms with Crippen LogP contribution in [0.3, 0.4) is 0 Å². The summed E-state index contributed by atoms with van der Waals surface area (Å²) in [4.78, 5) is 0. The first kappa shape index (κ1) is 18.8. The van der Waals surface area contributed by atoms with Gasteiger partial charge < -0.3 is 34.0 Å². The van der Waals surface area contributed by atoms with E-state index in [1.165, 1.54) is 0 Å². The van der Waals surface area contributed by atoms with Gasteiger partial charge >= 0.3 is 0 Å². The maximum Gasteiger partial charge on any atom is 0.0524 e. The van der Waals surface area contributed by atoms with E-state index in [4.69, 9.17) is 28.7 Å². The molecule has 4 atom stereocenters. The Balaban J connectivity index is 4.02.